The first kappa shape index (κ1) is 18.4. The summed E-state index contributed by atoms with van der Waals surface area (Å²) in [7, 11) is 1.69. The average molecular weight is 353 g/mol. The molecule has 0 bridgehead atoms. The second kappa shape index (κ2) is 8.83. The third-order valence-electron chi connectivity index (χ3n) is 4.81. The second-order valence-electron chi connectivity index (χ2n) is 6.69. The predicted octanol–water partition coefficient (Wildman–Crippen LogP) is 2.27. The number of rotatable bonds is 6. The third kappa shape index (κ3) is 4.62. The van der Waals surface area contributed by atoms with Gasteiger partial charge in [0.2, 0.25) is 5.91 Å². The summed E-state index contributed by atoms with van der Waals surface area (Å²) in [4.78, 5) is 14.7. The van der Waals surface area contributed by atoms with Crippen molar-refractivity contribution < 1.29 is 9.53 Å². The molecule has 5 nitrogen and oxygen atoms in total. The molecule has 1 fully saturated rings. The van der Waals surface area contributed by atoms with E-state index in [0.717, 1.165) is 36.5 Å². The van der Waals surface area contributed by atoms with Crippen LogP contribution in [0.25, 0.3) is 0 Å². The Bertz CT molecular complexity index is 730. The monoisotopic (exact) mass is 353 g/mol. The number of benzene rings is 2. The molecule has 2 N–H and O–H groups in total. The number of nitrogens with zero attached hydrogens (tertiary/aromatic N) is 1. The van der Waals surface area contributed by atoms with Gasteiger partial charge in [0.05, 0.1) is 19.7 Å². The van der Waals surface area contributed by atoms with E-state index < -0.39 is 0 Å². The normalized spacial score (nSPS) is 17.7. The quantitative estimate of drug-likeness (QED) is 0.837. The van der Waals surface area contributed by atoms with E-state index in [1.54, 1.807) is 7.11 Å². The van der Waals surface area contributed by atoms with Crippen LogP contribution in [0.4, 0.5) is 0 Å². The van der Waals surface area contributed by atoms with Gasteiger partial charge in [-0.3, -0.25) is 9.69 Å². The molecule has 3 rings (SSSR count). The number of methoxy groups -OCH3 is 1. The molecule has 0 saturated carbocycles. The van der Waals surface area contributed by atoms with Gasteiger partial charge in [0.15, 0.2) is 0 Å². The Hall–Kier alpha value is -2.37. The fraction of sp³-hybridized carbons (Fsp3) is 0.381. The van der Waals surface area contributed by atoms with Gasteiger partial charge in [-0.25, -0.2) is 0 Å². The van der Waals surface area contributed by atoms with Gasteiger partial charge in [0.1, 0.15) is 5.75 Å². The van der Waals surface area contributed by atoms with Gasteiger partial charge in [-0.1, -0.05) is 48.0 Å². The van der Waals surface area contributed by atoms with Crippen LogP contribution in [0.3, 0.4) is 0 Å². The van der Waals surface area contributed by atoms with Crippen LogP contribution in [-0.4, -0.2) is 44.1 Å². The summed E-state index contributed by atoms with van der Waals surface area (Å²) in [5, 5.41) is 6.46. The molecule has 2 aromatic rings. The maximum Gasteiger partial charge on any atom is 0.234 e. The van der Waals surface area contributed by atoms with Gasteiger partial charge < -0.3 is 15.4 Å². The van der Waals surface area contributed by atoms with Crippen LogP contribution in [0.2, 0.25) is 0 Å². The molecule has 1 aliphatic rings. The highest BCUT2D eigenvalue weighted by atomic mass is 16.5. The molecule has 0 aromatic heterocycles. The topological polar surface area (TPSA) is 53.6 Å². The lowest BCUT2D eigenvalue weighted by molar-refractivity contribution is -0.123. The largest absolute Gasteiger partial charge is 0.496 e. The lowest BCUT2D eigenvalue weighted by Gasteiger charge is -2.36. The minimum atomic E-state index is 0.0485. The Labute approximate surface area is 155 Å². The lowest BCUT2D eigenvalue weighted by atomic mass is 10.0. The van der Waals surface area contributed by atoms with Crippen LogP contribution in [-0.2, 0) is 11.3 Å². The van der Waals surface area contributed by atoms with Crippen LogP contribution in [0.5, 0.6) is 5.75 Å². The summed E-state index contributed by atoms with van der Waals surface area (Å²) < 4.78 is 5.51. The van der Waals surface area contributed by atoms with E-state index in [9.17, 15) is 4.79 Å². The van der Waals surface area contributed by atoms with Gasteiger partial charge in [-0.2, -0.15) is 0 Å². The fourth-order valence-corrected chi connectivity index (χ4v) is 3.33. The van der Waals surface area contributed by atoms with Crippen molar-refractivity contribution in [3.05, 3.63) is 65.2 Å². The van der Waals surface area contributed by atoms with Crippen molar-refractivity contribution in [3.63, 3.8) is 0 Å². The molecule has 1 saturated heterocycles. The Morgan fingerprint density at radius 2 is 2.00 bits per heavy atom. The summed E-state index contributed by atoms with van der Waals surface area (Å²) in [6, 6.07) is 16.4. The Kier molecular flexibility index (Phi) is 6.26. The van der Waals surface area contributed by atoms with Crippen molar-refractivity contribution in [1.82, 2.24) is 15.5 Å². The van der Waals surface area contributed by atoms with E-state index >= 15 is 0 Å². The minimum Gasteiger partial charge on any atom is -0.496 e. The van der Waals surface area contributed by atoms with Crippen LogP contribution in [0.15, 0.2) is 48.5 Å². The van der Waals surface area contributed by atoms with E-state index in [-0.39, 0.29) is 11.9 Å². The zero-order valence-corrected chi connectivity index (χ0v) is 15.5. The molecular weight excluding hydrogens is 326 g/mol. The van der Waals surface area contributed by atoms with Crippen molar-refractivity contribution in [2.75, 3.05) is 33.3 Å². The third-order valence-corrected chi connectivity index (χ3v) is 4.81. The van der Waals surface area contributed by atoms with Gasteiger partial charge in [-0.15, -0.1) is 0 Å². The molecule has 0 aliphatic carbocycles. The molecule has 2 aromatic carbocycles. The maximum atomic E-state index is 12.5. The zero-order valence-electron chi connectivity index (χ0n) is 15.5. The van der Waals surface area contributed by atoms with Gasteiger partial charge in [0.25, 0.3) is 0 Å². The number of carbonyl (C=O) groups is 1. The average Bonchev–Trinajstić information content (AvgIpc) is 2.68. The van der Waals surface area contributed by atoms with E-state index in [4.69, 9.17) is 4.74 Å². The number of piperazine rings is 1. The van der Waals surface area contributed by atoms with Gasteiger partial charge in [-0.05, 0) is 18.6 Å². The Morgan fingerprint density at radius 3 is 2.77 bits per heavy atom. The first-order valence-corrected chi connectivity index (χ1v) is 9.07. The Balaban J connectivity index is 1.62. The van der Waals surface area contributed by atoms with Crippen molar-refractivity contribution in [3.8, 4) is 5.75 Å². The van der Waals surface area contributed by atoms with Crippen LogP contribution in [0, 0.1) is 6.92 Å². The van der Waals surface area contributed by atoms with Gasteiger partial charge in [0, 0.05) is 31.7 Å². The van der Waals surface area contributed by atoms with E-state index in [0.29, 0.717) is 13.1 Å². The SMILES string of the molecule is COc1ccccc1C1CNCCN1CC(=O)NCc1ccc(C)cc1. The summed E-state index contributed by atoms with van der Waals surface area (Å²) in [5.74, 6) is 0.915. The van der Waals surface area contributed by atoms with Crippen LogP contribution >= 0.6 is 0 Å². The van der Waals surface area contributed by atoms with E-state index in [2.05, 4.69) is 52.8 Å². The first-order chi connectivity index (χ1) is 12.7. The number of ether oxygens (including phenoxy) is 1. The Morgan fingerprint density at radius 1 is 1.23 bits per heavy atom. The first-order valence-electron chi connectivity index (χ1n) is 9.07. The second-order valence-corrected chi connectivity index (χ2v) is 6.69. The highest BCUT2D eigenvalue weighted by molar-refractivity contribution is 5.78. The molecule has 5 heteroatoms. The molecule has 26 heavy (non-hydrogen) atoms. The smallest absolute Gasteiger partial charge is 0.234 e. The number of nitrogens with one attached hydrogen (secondary N) is 2. The van der Waals surface area contributed by atoms with Crippen molar-refractivity contribution in [1.29, 1.82) is 0 Å². The molecule has 1 unspecified atom stereocenters. The maximum absolute atomic E-state index is 12.5. The van der Waals surface area contributed by atoms with E-state index in [1.165, 1.54) is 5.56 Å². The van der Waals surface area contributed by atoms with Gasteiger partial charge >= 0.3 is 0 Å². The van der Waals surface area contributed by atoms with Crippen LogP contribution in [0.1, 0.15) is 22.7 Å². The summed E-state index contributed by atoms with van der Waals surface area (Å²) in [5.41, 5.74) is 3.46. The van der Waals surface area contributed by atoms with Crippen molar-refractivity contribution >= 4 is 5.91 Å². The predicted molar refractivity (Wildman–Crippen MR) is 103 cm³/mol. The number of amides is 1. The molecule has 1 aliphatic heterocycles. The highest BCUT2D eigenvalue weighted by Crippen LogP contribution is 2.29. The number of para-hydroxylation sites is 1. The highest BCUT2D eigenvalue weighted by Gasteiger charge is 2.27. The molecule has 1 atom stereocenters. The standard InChI is InChI=1S/C21H27N3O2/c1-16-7-9-17(10-8-16)13-23-21(25)15-24-12-11-22-14-19(24)18-5-3-4-6-20(18)26-2/h3-10,19,22H,11-15H2,1-2H3,(H,23,25). The molecule has 138 valence electrons. The summed E-state index contributed by atoms with van der Waals surface area (Å²) in [6.07, 6.45) is 0. The number of hydrogen-bond donors (Lipinski definition) is 2. The molecule has 1 amide bonds. The molecular formula is C21H27N3O2. The fourth-order valence-electron chi connectivity index (χ4n) is 3.33. The lowest BCUT2D eigenvalue weighted by Crippen LogP contribution is -2.49. The number of carbonyl (C=O) groups excluding carboxylic acids is 1. The number of aryl methyl sites for hydroxylation is 1. The minimum absolute atomic E-state index is 0.0485. The summed E-state index contributed by atoms with van der Waals surface area (Å²) >= 11 is 0. The van der Waals surface area contributed by atoms with Crippen molar-refractivity contribution in [2.45, 2.75) is 19.5 Å². The van der Waals surface area contributed by atoms with Crippen molar-refractivity contribution in [2.24, 2.45) is 0 Å². The van der Waals surface area contributed by atoms with Crippen LogP contribution < -0.4 is 15.4 Å². The molecule has 0 radical (unpaired) electrons. The number of hydrogen-bond acceptors (Lipinski definition) is 4. The zero-order chi connectivity index (χ0) is 18.4. The molecule has 1 heterocycles. The molecule has 0 spiro atoms. The van der Waals surface area contributed by atoms with E-state index in [1.807, 2.05) is 18.2 Å². The summed E-state index contributed by atoms with van der Waals surface area (Å²) in [6.45, 7) is 5.54.